The molecule has 0 bridgehead atoms. The second-order valence-corrected chi connectivity index (χ2v) is 2.95. The topological polar surface area (TPSA) is 26.0 Å². The van der Waals surface area contributed by atoms with Crippen molar-refractivity contribution in [3.8, 4) is 0 Å². The summed E-state index contributed by atoms with van der Waals surface area (Å²) in [5, 5.41) is 0. The average molecular weight is 125 g/mol. The van der Waals surface area contributed by atoms with Crippen LogP contribution in [0.1, 0.15) is 26.2 Å². The summed E-state index contributed by atoms with van der Waals surface area (Å²) in [7, 11) is 0. The van der Waals surface area contributed by atoms with Crippen molar-refractivity contribution in [3.05, 3.63) is 11.6 Å². The molecular formula is C8H15N. The van der Waals surface area contributed by atoms with Gasteiger partial charge in [0.05, 0.1) is 0 Å². The summed E-state index contributed by atoms with van der Waals surface area (Å²) < 4.78 is 0. The molecule has 0 saturated heterocycles. The molecule has 1 rings (SSSR count). The highest BCUT2D eigenvalue weighted by Crippen LogP contribution is 2.25. The van der Waals surface area contributed by atoms with E-state index >= 15 is 0 Å². The first-order chi connectivity index (χ1) is 4.33. The van der Waals surface area contributed by atoms with Crippen LogP contribution in [-0.4, -0.2) is 6.54 Å². The molecule has 1 aliphatic carbocycles. The molecule has 1 atom stereocenters. The predicted molar refractivity (Wildman–Crippen MR) is 40.2 cm³/mol. The van der Waals surface area contributed by atoms with E-state index in [9.17, 15) is 0 Å². The minimum absolute atomic E-state index is 0.714. The first kappa shape index (κ1) is 6.81. The second-order valence-electron chi connectivity index (χ2n) is 2.95. The maximum absolute atomic E-state index is 5.46. The monoisotopic (exact) mass is 125 g/mol. The van der Waals surface area contributed by atoms with Crippen molar-refractivity contribution in [1.82, 2.24) is 0 Å². The Morgan fingerprint density at radius 3 is 2.89 bits per heavy atom. The van der Waals surface area contributed by atoms with E-state index in [0.717, 1.165) is 6.54 Å². The molecule has 0 aliphatic heterocycles. The zero-order valence-electron chi connectivity index (χ0n) is 6.06. The van der Waals surface area contributed by atoms with Gasteiger partial charge in [-0.1, -0.05) is 18.6 Å². The van der Waals surface area contributed by atoms with Gasteiger partial charge in [-0.15, -0.1) is 0 Å². The first-order valence-electron chi connectivity index (χ1n) is 3.71. The molecule has 0 aromatic carbocycles. The molecule has 0 saturated carbocycles. The van der Waals surface area contributed by atoms with E-state index in [1.807, 2.05) is 0 Å². The smallest absolute Gasteiger partial charge is 0.00514 e. The molecule has 1 aliphatic rings. The van der Waals surface area contributed by atoms with E-state index in [1.54, 1.807) is 5.57 Å². The van der Waals surface area contributed by atoms with Crippen LogP contribution >= 0.6 is 0 Å². The molecule has 1 nitrogen and oxygen atoms in total. The van der Waals surface area contributed by atoms with Crippen molar-refractivity contribution < 1.29 is 0 Å². The summed E-state index contributed by atoms with van der Waals surface area (Å²) >= 11 is 0. The zero-order chi connectivity index (χ0) is 6.69. The summed E-state index contributed by atoms with van der Waals surface area (Å²) in [5.41, 5.74) is 7.09. The van der Waals surface area contributed by atoms with Gasteiger partial charge in [-0.05, 0) is 31.7 Å². The second kappa shape index (κ2) is 3.02. The SMILES string of the molecule is CC(CN)CCC1=CC1. The van der Waals surface area contributed by atoms with Crippen LogP contribution in [0.15, 0.2) is 11.6 Å². The highest BCUT2D eigenvalue weighted by atomic mass is 14.5. The van der Waals surface area contributed by atoms with Crippen LogP contribution in [0.4, 0.5) is 0 Å². The Morgan fingerprint density at radius 2 is 2.44 bits per heavy atom. The Balaban J connectivity index is 1.96. The molecule has 1 unspecified atom stereocenters. The Labute approximate surface area is 56.9 Å². The van der Waals surface area contributed by atoms with Crippen LogP contribution in [0.5, 0.6) is 0 Å². The fourth-order valence-corrected chi connectivity index (χ4v) is 0.826. The van der Waals surface area contributed by atoms with Crippen molar-refractivity contribution in [2.45, 2.75) is 26.2 Å². The molecule has 52 valence electrons. The molecule has 0 amide bonds. The van der Waals surface area contributed by atoms with Gasteiger partial charge < -0.3 is 5.73 Å². The summed E-state index contributed by atoms with van der Waals surface area (Å²) in [6, 6.07) is 0. The fraction of sp³-hybridized carbons (Fsp3) is 0.750. The molecule has 1 heteroatoms. The standard InChI is InChI=1S/C8H15N/c1-7(6-9)2-3-8-4-5-8/h4,7H,2-3,5-6,9H2,1H3. The number of allylic oxidation sites excluding steroid dienone is 2. The summed E-state index contributed by atoms with van der Waals surface area (Å²) in [5.74, 6) is 0.714. The third-order valence-corrected chi connectivity index (χ3v) is 1.85. The van der Waals surface area contributed by atoms with E-state index < -0.39 is 0 Å². The van der Waals surface area contributed by atoms with Crippen molar-refractivity contribution in [3.63, 3.8) is 0 Å². The molecule has 9 heavy (non-hydrogen) atoms. The molecule has 0 aromatic rings. The average Bonchev–Trinajstić information content (AvgIpc) is 2.65. The summed E-state index contributed by atoms with van der Waals surface area (Å²) in [6.07, 6.45) is 6.14. The predicted octanol–water partition coefficient (Wildman–Crippen LogP) is 1.69. The Bertz CT molecular complexity index is 116. The lowest BCUT2D eigenvalue weighted by atomic mass is 10.1. The maximum Gasteiger partial charge on any atom is -0.00514 e. The third-order valence-electron chi connectivity index (χ3n) is 1.85. The lowest BCUT2D eigenvalue weighted by Crippen LogP contribution is -2.09. The van der Waals surface area contributed by atoms with Crippen molar-refractivity contribution in [2.24, 2.45) is 11.7 Å². The van der Waals surface area contributed by atoms with Gasteiger partial charge in [0.2, 0.25) is 0 Å². The Morgan fingerprint density at radius 1 is 1.78 bits per heavy atom. The highest BCUT2D eigenvalue weighted by Gasteiger charge is 2.07. The van der Waals surface area contributed by atoms with Crippen molar-refractivity contribution in [2.75, 3.05) is 6.54 Å². The van der Waals surface area contributed by atoms with E-state index in [2.05, 4.69) is 13.0 Å². The molecule has 2 N–H and O–H groups in total. The van der Waals surface area contributed by atoms with Gasteiger partial charge in [0.1, 0.15) is 0 Å². The van der Waals surface area contributed by atoms with E-state index in [1.165, 1.54) is 19.3 Å². The van der Waals surface area contributed by atoms with Crippen LogP contribution < -0.4 is 5.73 Å². The van der Waals surface area contributed by atoms with Crippen molar-refractivity contribution in [1.29, 1.82) is 0 Å². The minimum atomic E-state index is 0.714. The first-order valence-corrected chi connectivity index (χ1v) is 3.71. The summed E-state index contributed by atoms with van der Waals surface area (Å²) in [6.45, 7) is 3.05. The fourth-order valence-electron chi connectivity index (χ4n) is 0.826. The quantitative estimate of drug-likeness (QED) is 0.568. The van der Waals surface area contributed by atoms with E-state index in [-0.39, 0.29) is 0 Å². The normalized spacial score (nSPS) is 19.1. The molecule has 0 heterocycles. The van der Waals surface area contributed by atoms with Crippen LogP contribution in [0.25, 0.3) is 0 Å². The van der Waals surface area contributed by atoms with Gasteiger partial charge in [-0.2, -0.15) is 0 Å². The van der Waals surface area contributed by atoms with Gasteiger partial charge in [0.25, 0.3) is 0 Å². The highest BCUT2D eigenvalue weighted by molar-refractivity contribution is 5.21. The van der Waals surface area contributed by atoms with E-state index in [4.69, 9.17) is 5.73 Å². The Hall–Kier alpha value is -0.300. The third kappa shape index (κ3) is 2.66. The lowest BCUT2D eigenvalue weighted by molar-refractivity contribution is 0.546. The van der Waals surface area contributed by atoms with Gasteiger partial charge in [-0.25, -0.2) is 0 Å². The molecular weight excluding hydrogens is 110 g/mol. The van der Waals surface area contributed by atoms with E-state index in [0.29, 0.717) is 5.92 Å². The number of hydrogen-bond acceptors (Lipinski definition) is 1. The minimum Gasteiger partial charge on any atom is -0.330 e. The van der Waals surface area contributed by atoms with Crippen LogP contribution in [0, 0.1) is 5.92 Å². The van der Waals surface area contributed by atoms with Gasteiger partial charge in [0.15, 0.2) is 0 Å². The molecule has 0 radical (unpaired) electrons. The zero-order valence-corrected chi connectivity index (χ0v) is 6.06. The van der Waals surface area contributed by atoms with Crippen LogP contribution in [0.2, 0.25) is 0 Å². The largest absolute Gasteiger partial charge is 0.330 e. The van der Waals surface area contributed by atoms with Gasteiger partial charge in [-0.3, -0.25) is 0 Å². The van der Waals surface area contributed by atoms with Gasteiger partial charge in [0, 0.05) is 0 Å². The molecule has 0 spiro atoms. The van der Waals surface area contributed by atoms with Crippen LogP contribution in [0.3, 0.4) is 0 Å². The van der Waals surface area contributed by atoms with Crippen LogP contribution in [-0.2, 0) is 0 Å². The summed E-state index contributed by atoms with van der Waals surface area (Å²) in [4.78, 5) is 0. The van der Waals surface area contributed by atoms with Gasteiger partial charge >= 0.3 is 0 Å². The van der Waals surface area contributed by atoms with Crippen molar-refractivity contribution >= 4 is 0 Å². The molecule has 0 fully saturated rings. The Kier molecular flexibility index (Phi) is 2.29. The lowest BCUT2D eigenvalue weighted by Gasteiger charge is -2.04. The molecule has 0 aromatic heterocycles. The number of rotatable bonds is 4. The number of hydrogen-bond donors (Lipinski definition) is 1. The number of nitrogens with two attached hydrogens (primary N) is 1. The maximum atomic E-state index is 5.46.